The molecule has 1 heterocycles. The maximum absolute atomic E-state index is 9.38. The first-order valence-corrected chi connectivity index (χ1v) is 4.96. The van der Waals surface area contributed by atoms with E-state index in [1.54, 1.807) is 0 Å². The molecule has 72 valence electrons. The second-order valence-electron chi connectivity index (χ2n) is 3.66. The Kier molecular flexibility index (Phi) is 4.58. The van der Waals surface area contributed by atoms with Gasteiger partial charge < -0.3 is 10.8 Å². The van der Waals surface area contributed by atoms with Crippen molar-refractivity contribution in [1.29, 1.82) is 0 Å². The molecule has 0 amide bonds. The van der Waals surface area contributed by atoms with Gasteiger partial charge in [0.25, 0.3) is 0 Å². The van der Waals surface area contributed by atoms with Crippen molar-refractivity contribution in [3.8, 4) is 0 Å². The van der Waals surface area contributed by atoms with Crippen molar-refractivity contribution < 1.29 is 5.11 Å². The summed E-state index contributed by atoms with van der Waals surface area (Å²) in [6.07, 6.45) is 6.13. The first-order valence-electron chi connectivity index (χ1n) is 4.96. The molecule has 0 aromatic carbocycles. The summed E-state index contributed by atoms with van der Waals surface area (Å²) in [5.74, 6) is 0. The number of rotatable bonds is 0. The first-order chi connectivity index (χ1) is 5.79. The molecule has 1 fully saturated rings. The predicted octanol–water partition coefficient (Wildman–Crippen LogP) is 0.576. The SMILES string of the molecule is NC1CCCCCNC(O)CC1. The molecule has 4 N–H and O–H groups in total. The van der Waals surface area contributed by atoms with Gasteiger partial charge in [-0.15, -0.1) is 0 Å². The molecule has 1 aliphatic rings. The average Bonchev–Trinajstić information content (AvgIpc) is 2.07. The monoisotopic (exact) mass is 172 g/mol. The van der Waals surface area contributed by atoms with Crippen molar-refractivity contribution in [1.82, 2.24) is 5.32 Å². The van der Waals surface area contributed by atoms with Gasteiger partial charge in [0.15, 0.2) is 0 Å². The Morgan fingerprint density at radius 3 is 2.75 bits per heavy atom. The van der Waals surface area contributed by atoms with Gasteiger partial charge in [0.1, 0.15) is 6.23 Å². The van der Waals surface area contributed by atoms with E-state index in [1.165, 1.54) is 12.8 Å². The van der Waals surface area contributed by atoms with E-state index in [2.05, 4.69) is 5.32 Å². The van der Waals surface area contributed by atoms with E-state index < -0.39 is 0 Å². The molecular weight excluding hydrogens is 152 g/mol. The molecule has 2 atom stereocenters. The lowest BCUT2D eigenvalue weighted by Crippen LogP contribution is -2.33. The van der Waals surface area contributed by atoms with Crippen LogP contribution in [0.1, 0.15) is 38.5 Å². The van der Waals surface area contributed by atoms with Gasteiger partial charge in [-0.2, -0.15) is 0 Å². The van der Waals surface area contributed by atoms with Crippen LogP contribution < -0.4 is 11.1 Å². The van der Waals surface area contributed by atoms with Gasteiger partial charge >= 0.3 is 0 Å². The van der Waals surface area contributed by atoms with Gasteiger partial charge in [0.2, 0.25) is 0 Å². The highest BCUT2D eigenvalue weighted by Crippen LogP contribution is 2.09. The number of nitrogens with two attached hydrogens (primary N) is 1. The molecule has 0 radical (unpaired) electrons. The van der Waals surface area contributed by atoms with Crippen molar-refractivity contribution in [2.24, 2.45) is 5.73 Å². The zero-order chi connectivity index (χ0) is 8.81. The molecule has 2 unspecified atom stereocenters. The van der Waals surface area contributed by atoms with E-state index in [0.717, 1.165) is 32.2 Å². The van der Waals surface area contributed by atoms with Crippen LogP contribution in [0.3, 0.4) is 0 Å². The molecule has 12 heavy (non-hydrogen) atoms. The molecule has 0 aliphatic carbocycles. The Labute approximate surface area is 74.3 Å². The maximum Gasteiger partial charge on any atom is 0.104 e. The van der Waals surface area contributed by atoms with Crippen molar-refractivity contribution in [3.63, 3.8) is 0 Å². The fraction of sp³-hybridized carbons (Fsp3) is 1.00. The summed E-state index contributed by atoms with van der Waals surface area (Å²) in [6, 6.07) is 0.291. The Morgan fingerprint density at radius 2 is 1.92 bits per heavy atom. The maximum atomic E-state index is 9.38. The zero-order valence-electron chi connectivity index (χ0n) is 7.63. The van der Waals surface area contributed by atoms with Crippen molar-refractivity contribution in [2.45, 2.75) is 50.8 Å². The second kappa shape index (κ2) is 5.51. The molecular formula is C9H20N2O. The quantitative estimate of drug-likeness (QED) is 0.501. The van der Waals surface area contributed by atoms with E-state index in [9.17, 15) is 5.11 Å². The van der Waals surface area contributed by atoms with Crippen LogP contribution in [0, 0.1) is 0 Å². The summed E-state index contributed by atoms with van der Waals surface area (Å²) in [6.45, 7) is 0.941. The van der Waals surface area contributed by atoms with Gasteiger partial charge in [-0.3, -0.25) is 5.32 Å². The van der Waals surface area contributed by atoms with Crippen LogP contribution in [0.15, 0.2) is 0 Å². The van der Waals surface area contributed by atoms with E-state index in [-0.39, 0.29) is 6.23 Å². The molecule has 1 saturated heterocycles. The van der Waals surface area contributed by atoms with Gasteiger partial charge in [-0.1, -0.05) is 12.8 Å². The van der Waals surface area contributed by atoms with Gasteiger partial charge in [0.05, 0.1) is 0 Å². The summed E-state index contributed by atoms with van der Waals surface area (Å²) in [4.78, 5) is 0. The fourth-order valence-electron chi connectivity index (χ4n) is 1.60. The molecule has 0 aromatic rings. The van der Waals surface area contributed by atoms with Crippen LogP contribution >= 0.6 is 0 Å². The molecule has 0 aromatic heterocycles. The third kappa shape index (κ3) is 4.04. The van der Waals surface area contributed by atoms with Gasteiger partial charge in [-0.05, 0) is 32.2 Å². The van der Waals surface area contributed by atoms with Crippen LogP contribution in [0.2, 0.25) is 0 Å². The molecule has 0 bridgehead atoms. The van der Waals surface area contributed by atoms with E-state index in [0.29, 0.717) is 6.04 Å². The lowest BCUT2D eigenvalue weighted by molar-refractivity contribution is 0.120. The number of nitrogens with one attached hydrogen (secondary N) is 1. The Morgan fingerprint density at radius 1 is 1.08 bits per heavy atom. The number of hydrogen-bond donors (Lipinski definition) is 3. The Balaban J connectivity index is 2.23. The molecule has 0 spiro atoms. The highest BCUT2D eigenvalue weighted by atomic mass is 16.3. The standard InChI is InChI=1S/C9H20N2O/c10-8-4-2-1-3-7-11-9(12)6-5-8/h8-9,11-12H,1-7,10H2. The molecule has 3 nitrogen and oxygen atoms in total. The lowest BCUT2D eigenvalue weighted by Gasteiger charge is -2.18. The third-order valence-corrected chi connectivity index (χ3v) is 2.44. The minimum absolute atomic E-state index is 0.291. The number of aliphatic hydroxyl groups excluding tert-OH is 1. The van der Waals surface area contributed by atoms with Crippen LogP contribution in [0.4, 0.5) is 0 Å². The van der Waals surface area contributed by atoms with Gasteiger partial charge in [0, 0.05) is 6.04 Å². The van der Waals surface area contributed by atoms with Crippen LogP contribution in [-0.4, -0.2) is 23.9 Å². The van der Waals surface area contributed by atoms with Crippen LogP contribution in [0.5, 0.6) is 0 Å². The van der Waals surface area contributed by atoms with Crippen molar-refractivity contribution in [2.75, 3.05) is 6.54 Å². The molecule has 1 rings (SSSR count). The average molecular weight is 172 g/mol. The Hall–Kier alpha value is -0.120. The lowest BCUT2D eigenvalue weighted by atomic mass is 10.0. The number of hydrogen-bond acceptors (Lipinski definition) is 3. The third-order valence-electron chi connectivity index (χ3n) is 2.44. The minimum atomic E-state index is -0.339. The second-order valence-corrected chi connectivity index (χ2v) is 3.66. The number of aliphatic hydroxyl groups is 1. The largest absolute Gasteiger partial charge is 0.379 e. The highest BCUT2D eigenvalue weighted by Gasteiger charge is 2.09. The van der Waals surface area contributed by atoms with Crippen molar-refractivity contribution >= 4 is 0 Å². The predicted molar refractivity (Wildman–Crippen MR) is 49.7 cm³/mol. The fourth-order valence-corrected chi connectivity index (χ4v) is 1.60. The van der Waals surface area contributed by atoms with E-state index >= 15 is 0 Å². The summed E-state index contributed by atoms with van der Waals surface area (Å²) in [7, 11) is 0. The molecule has 1 aliphatic heterocycles. The Bertz CT molecular complexity index is 105. The van der Waals surface area contributed by atoms with Crippen molar-refractivity contribution in [3.05, 3.63) is 0 Å². The van der Waals surface area contributed by atoms with E-state index in [1.807, 2.05) is 0 Å². The summed E-state index contributed by atoms with van der Waals surface area (Å²) in [5.41, 5.74) is 5.85. The highest BCUT2D eigenvalue weighted by molar-refractivity contribution is 4.66. The van der Waals surface area contributed by atoms with E-state index in [4.69, 9.17) is 5.73 Å². The minimum Gasteiger partial charge on any atom is -0.379 e. The summed E-state index contributed by atoms with van der Waals surface area (Å²) in [5, 5.41) is 12.5. The first kappa shape index (κ1) is 9.96. The van der Waals surface area contributed by atoms with Gasteiger partial charge in [-0.25, -0.2) is 0 Å². The summed E-state index contributed by atoms with van der Waals surface area (Å²) >= 11 is 0. The smallest absolute Gasteiger partial charge is 0.104 e. The summed E-state index contributed by atoms with van der Waals surface area (Å²) < 4.78 is 0. The topological polar surface area (TPSA) is 58.3 Å². The normalized spacial score (nSPS) is 34.5. The van der Waals surface area contributed by atoms with Crippen LogP contribution in [0.25, 0.3) is 0 Å². The van der Waals surface area contributed by atoms with Crippen LogP contribution in [-0.2, 0) is 0 Å². The molecule has 3 heteroatoms. The zero-order valence-corrected chi connectivity index (χ0v) is 7.63. The molecule has 0 saturated carbocycles.